The van der Waals surface area contributed by atoms with E-state index in [0.717, 1.165) is 17.9 Å². The van der Waals surface area contributed by atoms with Crippen LogP contribution in [0.2, 0.25) is 0 Å². The third-order valence-corrected chi connectivity index (χ3v) is 4.51. The van der Waals surface area contributed by atoms with Crippen LogP contribution in [0.3, 0.4) is 0 Å². The Balaban J connectivity index is 1.64. The number of hydrogen-bond acceptors (Lipinski definition) is 4. The van der Waals surface area contributed by atoms with Gasteiger partial charge in [0.1, 0.15) is 5.82 Å². The standard InChI is InChI=1S/C18H23N5O2/c19-15(6-7-16(20)24)18(25)22-8-9-23-14(11-21-17(23)12-22)10-13-4-2-1-3-5-13/h1-5,11,15H,6-10,12,19H2,(H2,20,24)/t15-/m0/s1. The summed E-state index contributed by atoms with van der Waals surface area (Å²) in [6, 6.07) is 9.54. The van der Waals surface area contributed by atoms with E-state index < -0.39 is 11.9 Å². The number of nitrogens with two attached hydrogens (primary N) is 2. The maximum Gasteiger partial charge on any atom is 0.239 e. The van der Waals surface area contributed by atoms with E-state index in [1.807, 2.05) is 24.4 Å². The zero-order valence-corrected chi connectivity index (χ0v) is 14.1. The lowest BCUT2D eigenvalue weighted by Crippen LogP contribution is -2.47. The molecule has 0 fully saturated rings. The molecule has 2 heterocycles. The van der Waals surface area contributed by atoms with Crippen LogP contribution >= 0.6 is 0 Å². The number of fused-ring (bicyclic) bond motifs is 1. The molecule has 7 heteroatoms. The van der Waals surface area contributed by atoms with Crippen molar-refractivity contribution in [1.29, 1.82) is 0 Å². The van der Waals surface area contributed by atoms with Gasteiger partial charge in [-0.05, 0) is 12.0 Å². The summed E-state index contributed by atoms with van der Waals surface area (Å²) >= 11 is 0. The normalized spacial score (nSPS) is 14.8. The summed E-state index contributed by atoms with van der Waals surface area (Å²) in [5.74, 6) is 0.274. The molecule has 3 rings (SSSR count). The number of carbonyl (C=O) groups excluding carboxylic acids is 2. The van der Waals surface area contributed by atoms with Crippen LogP contribution in [-0.2, 0) is 29.1 Å². The van der Waals surface area contributed by atoms with Crippen molar-refractivity contribution in [2.24, 2.45) is 11.5 Å². The van der Waals surface area contributed by atoms with Crippen LogP contribution in [0.15, 0.2) is 36.5 Å². The smallest absolute Gasteiger partial charge is 0.239 e. The lowest BCUT2D eigenvalue weighted by atomic mass is 10.1. The van der Waals surface area contributed by atoms with E-state index in [2.05, 4.69) is 21.7 Å². The molecular formula is C18H23N5O2. The van der Waals surface area contributed by atoms with Crippen molar-refractivity contribution < 1.29 is 9.59 Å². The summed E-state index contributed by atoms with van der Waals surface area (Å²) in [5.41, 5.74) is 13.4. The van der Waals surface area contributed by atoms with Gasteiger partial charge >= 0.3 is 0 Å². The minimum Gasteiger partial charge on any atom is -0.370 e. The number of benzene rings is 1. The monoisotopic (exact) mass is 341 g/mol. The third kappa shape index (κ3) is 4.06. The second kappa shape index (κ2) is 7.48. The van der Waals surface area contributed by atoms with E-state index >= 15 is 0 Å². The summed E-state index contributed by atoms with van der Waals surface area (Å²) < 4.78 is 2.17. The van der Waals surface area contributed by atoms with Crippen molar-refractivity contribution >= 4 is 11.8 Å². The van der Waals surface area contributed by atoms with Crippen molar-refractivity contribution in [2.75, 3.05) is 6.54 Å². The molecule has 1 atom stereocenters. The number of imidazole rings is 1. The predicted octanol–water partition coefficient (Wildman–Crippen LogP) is 0.409. The summed E-state index contributed by atoms with van der Waals surface area (Å²) in [6.07, 6.45) is 3.10. The molecule has 0 unspecified atom stereocenters. The highest BCUT2D eigenvalue weighted by Crippen LogP contribution is 2.18. The van der Waals surface area contributed by atoms with Crippen LogP contribution in [0.4, 0.5) is 0 Å². The van der Waals surface area contributed by atoms with Crippen LogP contribution < -0.4 is 11.5 Å². The molecule has 1 aromatic carbocycles. The van der Waals surface area contributed by atoms with Crippen LogP contribution in [0.25, 0.3) is 0 Å². The van der Waals surface area contributed by atoms with E-state index in [-0.39, 0.29) is 18.7 Å². The van der Waals surface area contributed by atoms with E-state index in [1.54, 1.807) is 4.90 Å². The highest BCUT2D eigenvalue weighted by molar-refractivity contribution is 5.82. The maximum absolute atomic E-state index is 12.4. The number of nitrogens with zero attached hydrogens (tertiary/aromatic N) is 3. The molecule has 25 heavy (non-hydrogen) atoms. The first-order chi connectivity index (χ1) is 12.0. The fraction of sp³-hybridized carbons (Fsp3) is 0.389. The fourth-order valence-corrected chi connectivity index (χ4v) is 3.11. The van der Waals surface area contributed by atoms with Crippen LogP contribution in [0, 0.1) is 0 Å². The zero-order valence-electron chi connectivity index (χ0n) is 14.1. The van der Waals surface area contributed by atoms with Gasteiger partial charge in [0.2, 0.25) is 11.8 Å². The molecule has 4 N–H and O–H groups in total. The molecule has 0 spiro atoms. The SMILES string of the molecule is NC(=O)CC[C@H](N)C(=O)N1CCn2c(Cc3ccccc3)cnc2C1. The van der Waals surface area contributed by atoms with Crippen molar-refractivity contribution in [3.63, 3.8) is 0 Å². The highest BCUT2D eigenvalue weighted by atomic mass is 16.2. The first kappa shape index (κ1) is 17.2. The summed E-state index contributed by atoms with van der Waals surface area (Å²) in [6.45, 7) is 1.73. The zero-order chi connectivity index (χ0) is 17.8. The van der Waals surface area contributed by atoms with E-state index in [1.165, 1.54) is 5.56 Å². The Hall–Kier alpha value is -2.67. The van der Waals surface area contributed by atoms with E-state index in [0.29, 0.717) is 19.6 Å². The van der Waals surface area contributed by atoms with Gasteiger partial charge in [0, 0.05) is 37.8 Å². The van der Waals surface area contributed by atoms with E-state index in [9.17, 15) is 9.59 Å². The average Bonchev–Trinajstić information content (AvgIpc) is 3.02. The van der Waals surface area contributed by atoms with Gasteiger partial charge in [-0.15, -0.1) is 0 Å². The molecule has 2 aromatic rings. The number of carbonyl (C=O) groups is 2. The number of hydrogen-bond donors (Lipinski definition) is 2. The molecule has 132 valence electrons. The van der Waals surface area contributed by atoms with Gasteiger partial charge in [-0.25, -0.2) is 4.98 Å². The summed E-state index contributed by atoms with van der Waals surface area (Å²) in [4.78, 5) is 29.5. The topological polar surface area (TPSA) is 107 Å². The molecule has 1 aliphatic heterocycles. The molecule has 2 amide bonds. The molecular weight excluding hydrogens is 318 g/mol. The fourth-order valence-electron chi connectivity index (χ4n) is 3.11. The van der Waals surface area contributed by atoms with Crippen molar-refractivity contribution in [1.82, 2.24) is 14.5 Å². The number of amides is 2. The number of rotatable bonds is 6. The van der Waals surface area contributed by atoms with Gasteiger partial charge in [0.05, 0.1) is 12.6 Å². The van der Waals surface area contributed by atoms with Gasteiger partial charge in [0.25, 0.3) is 0 Å². The van der Waals surface area contributed by atoms with Gasteiger partial charge in [0.15, 0.2) is 0 Å². The van der Waals surface area contributed by atoms with Gasteiger partial charge in [-0.3, -0.25) is 9.59 Å². The Kier molecular flexibility index (Phi) is 5.14. The lowest BCUT2D eigenvalue weighted by molar-refractivity contribution is -0.134. The maximum atomic E-state index is 12.4. The molecule has 0 saturated carbocycles. The molecule has 1 aromatic heterocycles. The average molecular weight is 341 g/mol. The Morgan fingerprint density at radius 2 is 1.96 bits per heavy atom. The van der Waals surface area contributed by atoms with Gasteiger partial charge < -0.3 is 20.9 Å². The largest absolute Gasteiger partial charge is 0.370 e. The molecule has 0 aliphatic carbocycles. The molecule has 0 saturated heterocycles. The highest BCUT2D eigenvalue weighted by Gasteiger charge is 2.27. The first-order valence-corrected chi connectivity index (χ1v) is 8.44. The summed E-state index contributed by atoms with van der Waals surface area (Å²) in [5, 5.41) is 0. The Labute approximate surface area is 146 Å². The van der Waals surface area contributed by atoms with Crippen molar-refractivity contribution in [3.05, 3.63) is 53.6 Å². The van der Waals surface area contributed by atoms with Crippen molar-refractivity contribution in [3.8, 4) is 0 Å². The minimum atomic E-state index is -0.696. The molecule has 1 aliphatic rings. The van der Waals surface area contributed by atoms with Crippen molar-refractivity contribution in [2.45, 2.75) is 38.4 Å². The third-order valence-electron chi connectivity index (χ3n) is 4.51. The number of aromatic nitrogens is 2. The Bertz CT molecular complexity index is 756. The predicted molar refractivity (Wildman–Crippen MR) is 93.3 cm³/mol. The molecule has 0 bridgehead atoms. The Morgan fingerprint density at radius 3 is 2.68 bits per heavy atom. The lowest BCUT2D eigenvalue weighted by Gasteiger charge is -2.30. The van der Waals surface area contributed by atoms with E-state index in [4.69, 9.17) is 11.5 Å². The van der Waals surface area contributed by atoms with Gasteiger partial charge in [-0.1, -0.05) is 30.3 Å². The Morgan fingerprint density at radius 1 is 1.20 bits per heavy atom. The van der Waals surface area contributed by atoms with Crippen LogP contribution in [-0.4, -0.2) is 38.9 Å². The van der Waals surface area contributed by atoms with Crippen LogP contribution in [0.1, 0.15) is 29.9 Å². The van der Waals surface area contributed by atoms with Gasteiger partial charge in [-0.2, -0.15) is 0 Å². The first-order valence-electron chi connectivity index (χ1n) is 8.44. The second-order valence-corrected chi connectivity index (χ2v) is 6.35. The second-order valence-electron chi connectivity index (χ2n) is 6.35. The molecule has 0 radical (unpaired) electrons. The minimum absolute atomic E-state index is 0.122. The molecule has 7 nitrogen and oxygen atoms in total. The number of primary amides is 1. The van der Waals surface area contributed by atoms with Crippen LogP contribution in [0.5, 0.6) is 0 Å². The quantitative estimate of drug-likeness (QED) is 0.793. The summed E-state index contributed by atoms with van der Waals surface area (Å²) in [7, 11) is 0.